The van der Waals surface area contributed by atoms with E-state index in [1.165, 1.54) is 5.69 Å². The van der Waals surface area contributed by atoms with Crippen molar-refractivity contribution >= 4 is 17.6 Å². The van der Waals surface area contributed by atoms with Gasteiger partial charge in [-0.25, -0.2) is 0 Å². The molecule has 7 nitrogen and oxygen atoms in total. The van der Waals surface area contributed by atoms with Gasteiger partial charge in [-0.1, -0.05) is 37.1 Å². The number of esters is 1. The zero-order chi connectivity index (χ0) is 22.7. The van der Waals surface area contributed by atoms with Crippen molar-refractivity contribution in [1.82, 2.24) is 4.90 Å². The van der Waals surface area contributed by atoms with Crippen LogP contribution in [0.25, 0.3) is 0 Å². The summed E-state index contributed by atoms with van der Waals surface area (Å²) in [6, 6.07) is 15.9. The van der Waals surface area contributed by atoms with Crippen molar-refractivity contribution in [2.75, 3.05) is 50.9 Å². The van der Waals surface area contributed by atoms with E-state index in [-0.39, 0.29) is 18.5 Å². The van der Waals surface area contributed by atoms with Crippen molar-refractivity contribution in [2.45, 2.75) is 31.1 Å². The second-order valence-electron chi connectivity index (χ2n) is 8.93. The lowest BCUT2D eigenvalue weighted by Crippen LogP contribution is -2.50. The summed E-state index contributed by atoms with van der Waals surface area (Å²) in [5.41, 5.74) is 1.33. The highest BCUT2D eigenvalue weighted by Crippen LogP contribution is 2.45. The van der Waals surface area contributed by atoms with Gasteiger partial charge in [0.05, 0.1) is 5.41 Å². The summed E-state index contributed by atoms with van der Waals surface area (Å²) >= 11 is 0. The minimum Gasteiger partial charge on any atom is -0.486 e. The Morgan fingerprint density at radius 2 is 1.58 bits per heavy atom. The van der Waals surface area contributed by atoms with E-state index in [1.807, 2.05) is 36.4 Å². The smallest absolute Gasteiger partial charge is 0.317 e. The van der Waals surface area contributed by atoms with Crippen molar-refractivity contribution in [1.29, 1.82) is 0 Å². The van der Waals surface area contributed by atoms with Crippen molar-refractivity contribution in [3.63, 3.8) is 0 Å². The number of amides is 1. The van der Waals surface area contributed by atoms with Gasteiger partial charge in [-0.15, -0.1) is 0 Å². The summed E-state index contributed by atoms with van der Waals surface area (Å²) in [5, 5.41) is 0. The van der Waals surface area contributed by atoms with Crippen molar-refractivity contribution in [3.8, 4) is 11.5 Å². The molecule has 0 N–H and O–H groups in total. The number of carbonyl (C=O) groups is 2. The van der Waals surface area contributed by atoms with Crippen LogP contribution in [-0.4, -0.2) is 62.8 Å². The maximum atomic E-state index is 13.3. The summed E-state index contributed by atoms with van der Waals surface area (Å²) in [5.74, 6) is 0.931. The summed E-state index contributed by atoms with van der Waals surface area (Å²) in [6.07, 6.45) is 3.35. The number of hydrogen-bond donors (Lipinski definition) is 0. The molecule has 0 atom stereocenters. The Kier molecular flexibility index (Phi) is 6.11. The van der Waals surface area contributed by atoms with Crippen LogP contribution in [0.5, 0.6) is 11.5 Å². The molecule has 2 aromatic rings. The van der Waals surface area contributed by atoms with Gasteiger partial charge < -0.3 is 24.0 Å². The molecule has 0 radical (unpaired) electrons. The number of fused-ring (bicyclic) bond motifs is 1. The zero-order valence-corrected chi connectivity index (χ0v) is 18.8. The molecule has 2 aromatic carbocycles. The van der Waals surface area contributed by atoms with Crippen LogP contribution in [-0.2, 0) is 19.7 Å². The second-order valence-corrected chi connectivity index (χ2v) is 8.93. The normalized spacial score (nSPS) is 19.3. The monoisotopic (exact) mass is 450 g/mol. The third kappa shape index (κ3) is 4.36. The van der Waals surface area contributed by atoms with E-state index in [0.717, 1.165) is 44.3 Å². The maximum Gasteiger partial charge on any atom is 0.317 e. The SMILES string of the molecule is O=C(COC(=O)C1(c2ccc3c(c2)OCCO3)CCCC1)N1CCN(c2ccccc2)CC1. The topological polar surface area (TPSA) is 68.3 Å². The van der Waals surface area contributed by atoms with Gasteiger partial charge in [-0.2, -0.15) is 0 Å². The van der Waals surface area contributed by atoms with Gasteiger partial charge in [0.2, 0.25) is 0 Å². The average Bonchev–Trinajstić information content (AvgIpc) is 3.39. The fraction of sp³-hybridized carbons (Fsp3) is 0.462. The van der Waals surface area contributed by atoms with Crippen LogP contribution in [0.15, 0.2) is 48.5 Å². The van der Waals surface area contributed by atoms with Crippen LogP contribution in [0.1, 0.15) is 31.2 Å². The molecule has 2 fully saturated rings. The van der Waals surface area contributed by atoms with E-state index in [4.69, 9.17) is 14.2 Å². The number of ether oxygens (including phenoxy) is 3. The predicted molar refractivity (Wildman–Crippen MR) is 124 cm³/mol. The largest absolute Gasteiger partial charge is 0.486 e. The molecule has 33 heavy (non-hydrogen) atoms. The molecule has 5 rings (SSSR count). The van der Waals surface area contributed by atoms with Crippen LogP contribution >= 0.6 is 0 Å². The minimum atomic E-state index is -0.720. The first-order valence-corrected chi connectivity index (χ1v) is 11.8. The minimum absolute atomic E-state index is 0.133. The van der Waals surface area contributed by atoms with Crippen LogP contribution in [0.4, 0.5) is 5.69 Å². The molecule has 3 aliphatic rings. The third-order valence-electron chi connectivity index (χ3n) is 7.02. The number of rotatable bonds is 5. The van der Waals surface area contributed by atoms with Crippen LogP contribution in [0, 0.1) is 0 Å². The summed E-state index contributed by atoms with van der Waals surface area (Å²) in [7, 11) is 0. The van der Waals surface area contributed by atoms with Crippen molar-refractivity contribution in [2.24, 2.45) is 0 Å². The molecule has 2 heterocycles. The molecule has 0 aromatic heterocycles. The van der Waals surface area contributed by atoms with E-state index in [0.29, 0.717) is 37.8 Å². The number of benzene rings is 2. The summed E-state index contributed by atoms with van der Waals surface area (Å²) < 4.78 is 17.0. The van der Waals surface area contributed by atoms with Gasteiger partial charge in [0, 0.05) is 31.9 Å². The highest BCUT2D eigenvalue weighted by atomic mass is 16.6. The van der Waals surface area contributed by atoms with Gasteiger partial charge in [0.1, 0.15) is 13.2 Å². The fourth-order valence-electron chi connectivity index (χ4n) is 5.14. The van der Waals surface area contributed by atoms with Crippen LogP contribution in [0.2, 0.25) is 0 Å². The van der Waals surface area contributed by atoms with Crippen LogP contribution in [0.3, 0.4) is 0 Å². The quantitative estimate of drug-likeness (QED) is 0.652. The molecule has 0 spiro atoms. The third-order valence-corrected chi connectivity index (χ3v) is 7.02. The molecule has 1 saturated heterocycles. The average molecular weight is 451 g/mol. The first kappa shape index (κ1) is 21.6. The van der Waals surface area contributed by atoms with Crippen LogP contribution < -0.4 is 14.4 Å². The highest BCUT2D eigenvalue weighted by Gasteiger charge is 2.45. The lowest BCUT2D eigenvalue weighted by Gasteiger charge is -2.36. The highest BCUT2D eigenvalue weighted by molar-refractivity contribution is 5.87. The predicted octanol–water partition coefficient (Wildman–Crippen LogP) is 3.16. The molecule has 7 heteroatoms. The Labute approximate surface area is 194 Å². The first-order chi connectivity index (χ1) is 16.2. The van der Waals surface area contributed by atoms with E-state index in [1.54, 1.807) is 4.90 Å². The number of para-hydroxylation sites is 1. The molecule has 1 amide bonds. The Morgan fingerprint density at radius 3 is 2.30 bits per heavy atom. The van der Waals surface area contributed by atoms with E-state index < -0.39 is 5.41 Å². The Hall–Kier alpha value is -3.22. The van der Waals surface area contributed by atoms with Crippen molar-refractivity contribution in [3.05, 3.63) is 54.1 Å². The number of piperazine rings is 1. The van der Waals surface area contributed by atoms with Crippen molar-refractivity contribution < 1.29 is 23.8 Å². The standard InChI is InChI=1S/C26H30N2O5/c29-24(28-14-12-27(13-15-28)21-6-2-1-3-7-21)19-33-25(30)26(10-4-5-11-26)20-8-9-22-23(18-20)32-17-16-31-22/h1-3,6-9,18H,4-5,10-17,19H2. The first-order valence-electron chi connectivity index (χ1n) is 11.8. The molecule has 174 valence electrons. The summed E-state index contributed by atoms with van der Waals surface area (Å²) in [6.45, 7) is 3.60. The van der Waals surface area contributed by atoms with Gasteiger partial charge >= 0.3 is 5.97 Å². The van der Waals surface area contributed by atoms with Gasteiger partial charge in [-0.3, -0.25) is 9.59 Å². The molecule has 1 saturated carbocycles. The summed E-state index contributed by atoms with van der Waals surface area (Å²) in [4.78, 5) is 30.1. The number of hydrogen-bond acceptors (Lipinski definition) is 6. The second kappa shape index (κ2) is 9.33. The Balaban J connectivity index is 1.20. The molecular weight excluding hydrogens is 420 g/mol. The molecule has 0 bridgehead atoms. The molecule has 1 aliphatic carbocycles. The lowest BCUT2D eigenvalue weighted by molar-refractivity contribution is -0.157. The lowest BCUT2D eigenvalue weighted by atomic mass is 9.78. The van der Waals surface area contributed by atoms with E-state index in [2.05, 4.69) is 17.0 Å². The molecule has 2 aliphatic heterocycles. The zero-order valence-electron chi connectivity index (χ0n) is 18.8. The van der Waals surface area contributed by atoms with Gasteiger partial charge in [0.25, 0.3) is 5.91 Å². The Morgan fingerprint density at radius 1 is 0.879 bits per heavy atom. The molecular formula is C26H30N2O5. The van der Waals surface area contributed by atoms with Gasteiger partial charge in [-0.05, 0) is 42.7 Å². The van der Waals surface area contributed by atoms with E-state index in [9.17, 15) is 9.59 Å². The van der Waals surface area contributed by atoms with Gasteiger partial charge in [0.15, 0.2) is 18.1 Å². The van der Waals surface area contributed by atoms with E-state index >= 15 is 0 Å². The molecule has 0 unspecified atom stereocenters. The Bertz CT molecular complexity index is 995. The fourth-order valence-corrected chi connectivity index (χ4v) is 5.14. The number of carbonyl (C=O) groups excluding carboxylic acids is 2. The number of nitrogens with zero attached hydrogens (tertiary/aromatic N) is 2. The maximum absolute atomic E-state index is 13.3. The number of anilines is 1.